The topological polar surface area (TPSA) is 85.8 Å². The Morgan fingerprint density at radius 3 is 2.71 bits per heavy atom. The van der Waals surface area contributed by atoms with E-state index in [1.165, 1.54) is 10.9 Å². The van der Waals surface area contributed by atoms with Crippen molar-refractivity contribution in [3.05, 3.63) is 40.0 Å². The lowest BCUT2D eigenvalue weighted by atomic mass is 10.1. The van der Waals surface area contributed by atoms with Crippen LogP contribution in [0.4, 0.5) is 5.82 Å². The number of likely N-dealkylation sites (tertiary alicyclic amines) is 1. The van der Waals surface area contributed by atoms with Crippen molar-refractivity contribution >= 4 is 34.9 Å². The molecule has 4 rings (SSSR count). The second-order valence-corrected chi connectivity index (χ2v) is 8.82. The third-order valence-corrected chi connectivity index (χ3v) is 6.57. The molecule has 1 atom stereocenters. The number of rotatable bonds is 5. The summed E-state index contributed by atoms with van der Waals surface area (Å²) in [4.78, 5) is 17.0. The van der Waals surface area contributed by atoms with Gasteiger partial charge in [-0.1, -0.05) is 23.2 Å². The Balaban J connectivity index is 1.26. The number of halogens is 2. The van der Waals surface area contributed by atoms with Crippen LogP contribution in [-0.4, -0.2) is 77.0 Å². The molecule has 10 heteroatoms. The average molecular weight is 468 g/mol. The number of aromatic nitrogens is 2. The highest BCUT2D eigenvalue weighted by atomic mass is 35.5. The number of hydrogen-bond donors (Lipinski definition) is 1. The molecule has 2 aliphatic rings. The molecular formula is C21H27Cl2N5O3. The number of morpholine rings is 1. The van der Waals surface area contributed by atoms with Gasteiger partial charge in [0.05, 0.1) is 29.0 Å². The fourth-order valence-corrected chi connectivity index (χ4v) is 4.32. The molecule has 168 valence electrons. The van der Waals surface area contributed by atoms with Gasteiger partial charge in [-0.25, -0.2) is 0 Å². The number of piperidine rings is 1. The monoisotopic (exact) mass is 467 g/mol. The van der Waals surface area contributed by atoms with Gasteiger partial charge >= 0.3 is 0 Å². The number of hydrogen-bond acceptors (Lipinski definition) is 6. The summed E-state index contributed by atoms with van der Waals surface area (Å²) in [6.45, 7) is 4.24. The summed E-state index contributed by atoms with van der Waals surface area (Å²) in [6, 6.07) is 5.35. The van der Waals surface area contributed by atoms with E-state index < -0.39 is 0 Å². The molecule has 1 unspecified atom stereocenters. The van der Waals surface area contributed by atoms with Gasteiger partial charge in [0.25, 0.3) is 5.91 Å². The highest BCUT2D eigenvalue weighted by molar-refractivity contribution is 6.42. The molecule has 0 aliphatic carbocycles. The highest BCUT2D eigenvalue weighted by Gasteiger charge is 2.30. The summed E-state index contributed by atoms with van der Waals surface area (Å²) in [5.74, 6) is 1.04. The van der Waals surface area contributed by atoms with Gasteiger partial charge in [0, 0.05) is 45.8 Å². The zero-order chi connectivity index (χ0) is 22.0. The van der Waals surface area contributed by atoms with Crippen LogP contribution in [0.15, 0.2) is 24.4 Å². The third-order valence-electron chi connectivity index (χ3n) is 5.83. The van der Waals surface area contributed by atoms with Crippen LogP contribution in [0.25, 0.3) is 0 Å². The summed E-state index contributed by atoms with van der Waals surface area (Å²) in [6.07, 6.45) is 3.49. The number of aryl methyl sites for hydroxylation is 1. The smallest absolute Gasteiger partial charge is 0.259 e. The van der Waals surface area contributed by atoms with E-state index in [1.807, 2.05) is 11.0 Å². The number of nitrogens with two attached hydrogens (primary N) is 1. The van der Waals surface area contributed by atoms with Crippen molar-refractivity contribution in [3.63, 3.8) is 0 Å². The van der Waals surface area contributed by atoms with Crippen molar-refractivity contribution in [2.45, 2.75) is 25.0 Å². The molecule has 1 aromatic carbocycles. The molecule has 2 N–H and O–H groups in total. The molecule has 31 heavy (non-hydrogen) atoms. The highest BCUT2D eigenvalue weighted by Crippen LogP contribution is 2.28. The van der Waals surface area contributed by atoms with E-state index >= 15 is 0 Å². The van der Waals surface area contributed by atoms with Crippen molar-refractivity contribution in [2.75, 3.05) is 45.1 Å². The second kappa shape index (κ2) is 9.65. The number of nitrogen functional groups attached to an aromatic ring is 1. The van der Waals surface area contributed by atoms with E-state index in [0.717, 1.165) is 38.2 Å². The van der Waals surface area contributed by atoms with E-state index in [1.54, 1.807) is 19.2 Å². The Hall–Kier alpha value is -2.00. The maximum atomic E-state index is 12.8. The molecule has 1 amide bonds. The molecule has 1 aromatic heterocycles. The van der Waals surface area contributed by atoms with Gasteiger partial charge in [0.2, 0.25) is 0 Å². The molecule has 2 saturated heterocycles. The lowest BCUT2D eigenvalue weighted by Crippen LogP contribution is -2.51. The first kappa shape index (κ1) is 22.2. The average Bonchev–Trinajstić information content (AvgIpc) is 3.10. The fourth-order valence-electron chi connectivity index (χ4n) is 4.04. The quantitative estimate of drug-likeness (QED) is 0.727. The summed E-state index contributed by atoms with van der Waals surface area (Å²) < 4.78 is 13.5. The largest absolute Gasteiger partial charge is 0.490 e. The molecule has 3 heterocycles. The summed E-state index contributed by atoms with van der Waals surface area (Å²) in [5.41, 5.74) is 6.41. The number of benzene rings is 1. The molecule has 8 nitrogen and oxygen atoms in total. The van der Waals surface area contributed by atoms with Crippen LogP contribution in [0, 0.1) is 0 Å². The Bertz CT molecular complexity index is 930. The lowest BCUT2D eigenvalue weighted by molar-refractivity contribution is -0.0414. The summed E-state index contributed by atoms with van der Waals surface area (Å²) >= 11 is 12.0. The van der Waals surface area contributed by atoms with Gasteiger partial charge in [-0.15, -0.1) is 0 Å². The Morgan fingerprint density at radius 2 is 2.03 bits per heavy atom. The van der Waals surface area contributed by atoms with Crippen molar-refractivity contribution in [3.8, 4) is 5.75 Å². The van der Waals surface area contributed by atoms with Gasteiger partial charge < -0.3 is 25.0 Å². The molecule has 2 fully saturated rings. The third kappa shape index (κ3) is 5.26. The summed E-state index contributed by atoms with van der Waals surface area (Å²) in [5, 5.41) is 5.09. The number of carbonyl (C=O) groups is 1. The fraction of sp³-hybridized carbons (Fsp3) is 0.524. The van der Waals surface area contributed by atoms with E-state index in [0.29, 0.717) is 41.1 Å². The zero-order valence-corrected chi connectivity index (χ0v) is 19.0. The van der Waals surface area contributed by atoms with Crippen LogP contribution in [0.2, 0.25) is 10.0 Å². The van der Waals surface area contributed by atoms with Crippen molar-refractivity contribution < 1.29 is 14.3 Å². The van der Waals surface area contributed by atoms with E-state index in [4.69, 9.17) is 38.4 Å². The van der Waals surface area contributed by atoms with Crippen LogP contribution in [0.5, 0.6) is 5.75 Å². The first-order valence-corrected chi connectivity index (χ1v) is 11.2. The van der Waals surface area contributed by atoms with E-state index in [2.05, 4.69) is 10.00 Å². The van der Waals surface area contributed by atoms with Crippen LogP contribution in [0.3, 0.4) is 0 Å². The van der Waals surface area contributed by atoms with Crippen molar-refractivity contribution in [2.24, 2.45) is 7.05 Å². The molecule has 0 spiro atoms. The van der Waals surface area contributed by atoms with Crippen LogP contribution in [-0.2, 0) is 11.8 Å². The van der Waals surface area contributed by atoms with E-state index in [9.17, 15) is 4.79 Å². The predicted molar refractivity (Wildman–Crippen MR) is 120 cm³/mol. The SMILES string of the molecule is Cn1ncc(C(=O)N2CCOC(CN3CCC(Oc4ccc(Cl)c(Cl)c4)CC3)C2)c1N. The van der Waals surface area contributed by atoms with Gasteiger partial charge in [-0.3, -0.25) is 9.48 Å². The molecular weight excluding hydrogens is 441 g/mol. The standard InChI is InChI=1S/C21H27Cl2N5O3/c1-26-20(24)17(11-25-26)21(29)28-8-9-30-16(13-28)12-27-6-4-14(5-7-27)31-15-2-3-18(22)19(23)10-15/h2-3,10-11,14,16H,4-9,12-13,24H2,1H3. The van der Waals surface area contributed by atoms with Gasteiger partial charge in [-0.05, 0) is 25.0 Å². The number of nitrogens with zero attached hydrogens (tertiary/aromatic N) is 4. The molecule has 2 aliphatic heterocycles. The second-order valence-electron chi connectivity index (χ2n) is 8.00. The predicted octanol–water partition coefficient (Wildman–Crippen LogP) is 2.69. The van der Waals surface area contributed by atoms with E-state index in [-0.39, 0.29) is 18.1 Å². The van der Waals surface area contributed by atoms with Crippen LogP contribution < -0.4 is 10.5 Å². The minimum atomic E-state index is -0.0902. The van der Waals surface area contributed by atoms with Crippen LogP contribution in [0.1, 0.15) is 23.2 Å². The first-order chi connectivity index (χ1) is 14.9. The summed E-state index contributed by atoms with van der Waals surface area (Å²) in [7, 11) is 1.73. The van der Waals surface area contributed by atoms with Crippen LogP contribution >= 0.6 is 23.2 Å². The zero-order valence-electron chi connectivity index (χ0n) is 17.5. The number of amides is 1. The lowest BCUT2D eigenvalue weighted by Gasteiger charge is -2.38. The molecule has 0 saturated carbocycles. The van der Waals surface area contributed by atoms with Gasteiger partial charge in [0.15, 0.2) is 0 Å². The Kier molecular flexibility index (Phi) is 6.91. The molecule has 0 bridgehead atoms. The number of carbonyl (C=O) groups excluding carboxylic acids is 1. The van der Waals surface area contributed by atoms with Gasteiger partial charge in [-0.2, -0.15) is 5.10 Å². The van der Waals surface area contributed by atoms with Gasteiger partial charge in [0.1, 0.15) is 23.2 Å². The first-order valence-electron chi connectivity index (χ1n) is 10.4. The maximum Gasteiger partial charge on any atom is 0.259 e. The van der Waals surface area contributed by atoms with Crippen molar-refractivity contribution in [1.29, 1.82) is 0 Å². The maximum absolute atomic E-state index is 12.8. The number of anilines is 1. The Labute approximate surface area is 191 Å². The minimum absolute atomic E-state index is 0.0249. The molecule has 2 aromatic rings. The Morgan fingerprint density at radius 1 is 1.26 bits per heavy atom. The molecule has 0 radical (unpaired) electrons. The normalized spacial score (nSPS) is 20.7. The van der Waals surface area contributed by atoms with Crippen molar-refractivity contribution in [1.82, 2.24) is 19.6 Å². The minimum Gasteiger partial charge on any atom is -0.490 e. The number of ether oxygens (including phenoxy) is 2.